The number of rotatable bonds is 7. The molecule has 126 valence electrons. The van der Waals surface area contributed by atoms with Crippen molar-refractivity contribution in [1.82, 2.24) is 14.9 Å². The molecule has 2 aromatic rings. The van der Waals surface area contributed by atoms with E-state index in [4.69, 9.17) is 11.6 Å². The highest BCUT2D eigenvalue weighted by molar-refractivity contribution is 6.31. The number of anilines is 2. The van der Waals surface area contributed by atoms with E-state index < -0.39 is 4.92 Å². The minimum atomic E-state index is -0.420. The fraction of sp³-hybridized carbons (Fsp3) is 0.250. The fourth-order valence-electron chi connectivity index (χ4n) is 2.11. The summed E-state index contributed by atoms with van der Waals surface area (Å²) in [5, 5.41) is 11.5. The summed E-state index contributed by atoms with van der Waals surface area (Å²) in [5.41, 5.74) is 0.402. The summed E-state index contributed by atoms with van der Waals surface area (Å²) in [4.78, 5) is 22.9. The van der Waals surface area contributed by atoms with E-state index in [-0.39, 0.29) is 10.8 Å². The Bertz CT molecular complexity index is 736. The van der Waals surface area contributed by atoms with Gasteiger partial charge in [0.2, 0.25) is 0 Å². The van der Waals surface area contributed by atoms with E-state index in [9.17, 15) is 10.1 Å². The SMILES string of the molecule is CN(C)CC=CCN(c1ccccc1[N+](=O)[O-])c1nccnc1Cl. The van der Waals surface area contributed by atoms with Gasteiger partial charge in [-0.05, 0) is 20.2 Å². The van der Waals surface area contributed by atoms with Crippen molar-refractivity contribution in [2.45, 2.75) is 0 Å². The molecule has 8 heteroatoms. The first-order valence-electron chi connectivity index (χ1n) is 7.28. The van der Waals surface area contributed by atoms with Crippen LogP contribution in [-0.2, 0) is 0 Å². The third-order valence-corrected chi connectivity index (χ3v) is 3.45. The van der Waals surface area contributed by atoms with Gasteiger partial charge in [0.05, 0.1) is 4.92 Å². The number of hydrogen-bond donors (Lipinski definition) is 0. The molecule has 0 aliphatic rings. The van der Waals surface area contributed by atoms with Gasteiger partial charge in [0.25, 0.3) is 5.69 Å². The average Bonchev–Trinajstić information content (AvgIpc) is 2.56. The summed E-state index contributed by atoms with van der Waals surface area (Å²) in [6.07, 6.45) is 6.88. The van der Waals surface area contributed by atoms with Gasteiger partial charge in [0, 0.05) is 31.5 Å². The smallest absolute Gasteiger partial charge is 0.292 e. The lowest BCUT2D eigenvalue weighted by Crippen LogP contribution is -2.20. The average molecular weight is 348 g/mol. The normalized spacial score (nSPS) is 11.2. The van der Waals surface area contributed by atoms with Crippen LogP contribution < -0.4 is 4.90 Å². The highest BCUT2D eigenvalue weighted by atomic mass is 35.5. The number of nitrogens with zero attached hydrogens (tertiary/aromatic N) is 5. The van der Waals surface area contributed by atoms with Crippen LogP contribution >= 0.6 is 11.6 Å². The summed E-state index contributed by atoms with van der Waals surface area (Å²) >= 11 is 6.15. The van der Waals surface area contributed by atoms with E-state index in [1.807, 2.05) is 31.1 Å². The third kappa shape index (κ3) is 4.50. The van der Waals surface area contributed by atoms with E-state index in [0.29, 0.717) is 18.1 Å². The number of hydrogen-bond acceptors (Lipinski definition) is 6. The molecule has 0 fully saturated rings. The molecule has 24 heavy (non-hydrogen) atoms. The first-order valence-corrected chi connectivity index (χ1v) is 7.65. The number of likely N-dealkylation sites (N-methyl/N-ethyl adjacent to an activating group) is 1. The second-order valence-electron chi connectivity index (χ2n) is 5.26. The van der Waals surface area contributed by atoms with Crippen LogP contribution in [0, 0.1) is 10.1 Å². The van der Waals surface area contributed by atoms with Gasteiger partial charge in [-0.3, -0.25) is 10.1 Å². The monoisotopic (exact) mass is 347 g/mol. The van der Waals surface area contributed by atoms with Gasteiger partial charge in [0.15, 0.2) is 11.0 Å². The zero-order valence-corrected chi connectivity index (χ0v) is 14.2. The standard InChI is InChI=1S/C16H18ClN5O2/c1-20(2)11-5-6-12-21(16-15(17)18-9-10-19-16)13-7-3-4-8-14(13)22(23)24/h3-10H,11-12H2,1-2H3. The zero-order chi connectivity index (χ0) is 17.5. The van der Waals surface area contributed by atoms with Crippen LogP contribution in [-0.4, -0.2) is 47.0 Å². The van der Waals surface area contributed by atoms with Gasteiger partial charge >= 0.3 is 0 Å². The number of halogens is 1. The Kier molecular flexibility index (Phi) is 6.22. The van der Waals surface area contributed by atoms with Gasteiger partial charge in [-0.1, -0.05) is 35.9 Å². The van der Waals surface area contributed by atoms with E-state index in [2.05, 4.69) is 9.97 Å². The largest absolute Gasteiger partial charge is 0.314 e. The molecule has 0 aliphatic carbocycles. The van der Waals surface area contributed by atoms with Crippen molar-refractivity contribution in [3.8, 4) is 0 Å². The maximum Gasteiger partial charge on any atom is 0.292 e. The topological polar surface area (TPSA) is 75.4 Å². The predicted molar refractivity (Wildman–Crippen MR) is 94.8 cm³/mol. The summed E-state index contributed by atoms with van der Waals surface area (Å²) < 4.78 is 0. The van der Waals surface area contributed by atoms with Gasteiger partial charge in [-0.15, -0.1) is 0 Å². The van der Waals surface area contributed by atoms with Crippen molar-refractivity contribution < 1.29 is 4.92 Å². The molecule has 0 saturated heterocycles. The number of para-hydroxylation sites is 2. The molecule has 0 saturated carbocycles. The van der Waals surface area contributed by atoms with E-state index in [1.54, 1.807) is 23.1 Å². The van der Waals surface area contributed by atoms with Crippen molar-refractivity contribution in [2.24, 2.45) is 0 Å². The third-order valence-electron chi connectivity index (χ3n) is 3.19. The van der Waals surface area contributed by atoms with Crippen LogP contribution in [0.4, 0.5) is 17.2 Å². The summed E-state index contributed by atoms with van der Waals surface area (Å²) in [6.45, 7) is 1.15. The fourth-order valence-corrected chi connectivity index (χ4v) is 2.31. The highest BCUT2D eigenvalue weighted by Crippen LogP contribution is 2.34. The molecule has 0 N–H and O–H groups in total. The number of nitro groups is 1. The molecule has 0 radical (unpaired) electrons. The Balaban J connectivity index is 2.42. The van der Waals surface area contributed by atoms with E-state index in [0.717, 1.165) is 6.54 Å². The molecule has 0 aliphatic heterocycles. The van der Waals surface area contributed by atoms with Crippen molar-refractivity contribution in [3.05, 3.63) is 64.1 Å². The first kappa shape index (κ1) is 17.8. The minimum Gasteiger partial charge on any atom is -0.314 e. The van der Waals surface area contributed by atoms with Crippen LogP contribution in [0.25, 0.3) is 0 Å². The van der Waals surface area contributed by atoms with Crippen LogP contribution in [0.2, 0.25) is 5.15 Å². The van der Waals surface area contributed by atoms with Gasteiger partial charge < -0.3 is 9.80 Å². The van der Waals surface area contributed by atoms with Gasteiger partial charge in [0.1, 0.15) is 5.69 Å². The second-order valence-corrected chi connectivity index (χ2v) is 5.62. The molecule has 0 spiro atoms. The first-order chi connectivity index (χ1) is 11.5. The Morgan fingerprint density at radius 3 is 2.50 bits per heavy atom. The lowest BCUT2D eigenvalue weighted by Gasteiger charge is -2.22. The number of aromatic nitrogens is 2. The lowest BCUT2D eigenvalue weighted by atomic mass is 10.2. The molecule has 0 atom stereocenters. The highest BCUT2D eigenvalue weighted by Gasteiger charge is 2.22. The minimum absolute atomic E-state index is 0.0137. The Morgan fingerprint density at radius 1 is 1.17 bits per heavy atom. The molecule has 1 aromatic carbocycles. The lowest BCUT2D eigenvalue weighted by molar-refractivity contribution is -0.384. The number of nitro benzene ring substituents is 1. The maximum atomic E-state index is 11.3. The Hall–Kier alpha value is -2.51. The van der Waals surface area contributed by atoms with Crippen LogP contribution in [0.15, 0.2) is 48.8 Å². The zero-order valence-electron chi connectivity index (χ0n) is 13.5. The molecule has 7 nitrogen and oxygen atoms in total. The van der Waals surface area contributed by atoms with Crippen molar-refractivity contribution in [2.75, 3.05) is 32.1 Å². The Morgan fingerprint density at radius 2 is 1.83 bits per heavy atom. The molecule has 0 unspecified atom stereocenters. The van der Waals surface area contributed by atoms with Crippen molar-refractivity contribution in [1.29, 1.82) is 0 Å². The van der Waals surface area contributed by atoms with E-state index >= 15 is 0 Å². The molecule has 1 heterocycles. The van der Waals surface area contributed by atoms with E-state index in [1.165, 1.54) is 18.5 Å². The van der Waals surface area contributed by atoms with Gasteiger partial charge in [-0.25, -0.2) is 9.97 Å². The Labute approximate surface area is 145 Å². The molecule has 0 amide bonds. The van der Waals surface area contributed by atoms with Crippen molar-refractivity contribution in [3.63, 3.8) is 0 Å². The summed E-state index contributed by atoms with van der Waals surface area (Å²) in [6, 6.07) is 6.49. The molecule has 2 rings (SSSR count). The van der Waals surface area contributed by atoms with Gasteiger partial charge in [-0.2, -0.15) is 0 Å². The molecule has 1 aromatic heterocycles. The molecule has 0 bridgehead atoms. The molecular formula is C16H18ClN5O2. The quantitative estimate of drug-likeness (QED) is 0.434. The predicted octanol–water partition coefficient (Wildman–Crippen LogP) is 3.29. The molecular weight excluding hydrogens is 330 g/mol. The summed E-state index contributed by atoms with van der Waals surface area (Å²) in [5.74, 6) is 0.378. The second kappa shape index (κ2) is 8.37. The van der Waals surface area contributed by atoms with Crippen molar-refractivity contribution >= 4 is 28.8 Å². The maximum absolute atomic E-state index is 11.3. The van der Waals surface area contributed by atoms with Crippen LogP contribution in [0.1, 0.15) is 0 Å². The van der Waals surface area contributed by atoms with Crippen LogP contribution in [0.3, 0.4) is 0 Å². The number of benzene rings is 1. The van der Waals surface area contributed by atoms with Crippen LogP contribution in [0.5, 0.6) is 0 Å². The summed E-state index contributed by atoms with van der Waals surface area (Å²) in [7, 11) is 3.92.